The number of amides is 1. The van der Waals surface area contributed by atoms with E-state index < -0.39 is 4.92 Å². The van der Waals surface area contributed by atoms with Gasteiger partial charge >= 0.3 is 5.69 Å². The van der Waals surface area contributed by atoms with Crippen LogP contribution in [0.1, 0.15) is 18.0 Å². The van der Waals surface area contributed by atoms with E-state index in [-0.39, 0.29) is 35.0 Å². The maximum absolute atomic E-state index is 12.5. The molecule has 0 aliphatic carbocycles. The first kappa shape index (κ1) is 19.1. The minimum Gasteiger partial charge on any atom is -0.477 e. The minimum atomic E-state index is -0.598. The van der Waals surface area contributed by atoms with Crippen LogP contribution in [0.25, 0.3) is 10.2 Å². The molecule has 2 aromatic carbocycles. The maximum atomic E-state index is 12.5. The van der Waals surface area contributed by atoms with Crippen molar-refractivity contribution >= 4 is 44.7 Å². The Morgan fingerprint density at radius 2 is 2.11 bits per heavy atom. The van der Waals surface area contributed by atoms with Gasteiger partial charge in [-0.3, -0.25) is 14.9 Å². The minimum absolute atomic E-state index is 0.00112. The Kier molecular flexibility index (Phi) is 5.57. The number of fused-ring (bicyclic) bond motifs is 1. The first-order chi connectivity index (χ1) is 12.9. The average molecular weight is 406 g/mol. The van der Waals surface area contributed by atoms with Crippen LogP contribution in [-0.2, 0) is 4.79 Å². The average Bonchev–Trinajstić information content (AvgIpc) is 3.09. The zero-order valence-electron chi connectivity index (χ0n) is 14.6. The number of carbonyl (C=O) groups is 1. The van der Waals surface area contributed by atoms with Crippen LogP contribution >= 0.6 is 22.9 Å². The molecule has 3 aromatic rings. The zero-order chi connectivity index (χ0) is 19.6. The molecule has 27 heavy (non-hydrogen) atoms. The summed E-state index contributed by atoms with van der Waals surface area (Å²) < 4.78 is 6.42. The maximum Gasteiger partial charge on any atom is 0.312 e. The third-order valence-electron chi connectivity index (χ3n) is 4.11. The van der Waals surface area contributed by atoms with Crippen molar-refractivity contribution in [2.75, 3.05) is 13.7 Å². The molecule has 3 rings (SSSR count). The van der Waals surface area contributed by atoms with Gasteiger partial charge in [0.15, 0.2) is 12.4 Å². The summed E-state index contributed by atoms with van der Waals surface area (Å²) in [5, 5.41) is 12.1. The van der Waals surface area contributed by atoms with E-state index in [1.54, 1.807) is 7.05 Å². The molecule has 0 saturated carbocycles. The van der Waals surface area contributed by atoms with Crippen LogP contribution < -0.4 is 4.74 Å². The van der Waals surface area contributed by atoms with Crippen molar-refractivity contribution in [3.8, 4) is 5.75 Å². The molecule has 1 aromatic heterocycles. The zero-order valence-corrected chi connectivity index (χ0v) is 16.2. The third kappa shape index (κ3) is 4.17. The van der Waals surface area contributed by atoms with Gasteiger partial charge in [-0.05, 0) is 31.2 Å². The molecular weight excluding hydrogens is 390 g/mol. The number of hydrogen-bond donors (Lipinski definition) is 0. The molecule has 0 aliphatic heterocycles. The van der Waals surface area contributed by atoms with Gasteiger partial charge in [-0.2, -0.15) is 0 Å². The number of aromatic nitrogens is 1. The van der Waals surface area contributed by atoms with E-state index in [2.05, 4.69) is 4.98 Å². The van der Waals surface area contributed by atoms with E-state index in [1.807, 2.05) is 31.2 Å². The van der Waals surface area contributed by atoms with Gasteiger partial charge in [-0.25, -0.2) is 4.98 Å². The molecule has 7 nitrogen and oxygen atoms in total. The van der Waals surface area contributed by atoms with E-state index in [9.17, 15) is 14.9 Å². The lowest BCUT2D eigenvalue weighted by Gasteiger charge is -2.23. The van der Waals surface area contributed by atoms with Gasteiger partial charge in [0.05, 0.1) is 21.2 Å². The Bertz CT molecular complexity index is 974. The SMILES string of the molecule is C[C@H](c1nc2ccccc2s1)N(C)C(=O)COc1ccc(Cl)cc1[N+](=O)[O-]. The molecular formula is C18H16ClN3O4S. The summed E-state index contributed by atoms with van der Waals surface area (Å²) in [7, 11) is 1.65. The molecule has 0 fully saturated rings. The summed E-state index contributed by atoms with van der Waals surface area (Å²) in [5.74, 6) is -0.315. The number of hydrogen-bond acceptors (Lipinski definition) is 6. The number of rotatable bonds is 6. The van der Waals surface area contributed by atoms with E-state index in [1.165, 1.54) is 34.4 Å². The molecule has 9 heteroatoms. The van der Waals surface area contributed by atoms with Crippen molar-refractivity contribution in [3.05, 3.63) is 62.6 Å². The highest BCUT2D eigenvalue weighted by atomic mass is 35.5. The third-order valence-corrected chi connectivity index (χ3v) is 5.55. The lowest BCUT2D eigenvalue weighted by molar-refractivity contribution is -0.385. The number of likely N-dealkylation sites (N-methyl/N-ethyl adjacent to an activating group) is 1. The standard InChI is InChI=1S/C18H16ClN3O4S/c1-11(18-20-13-5-3-4-6-16(13)27-18)21(2)17(23)10-26-15-8-7-12(19)9-14(15)22(24)25/h3-9,11H,10H2,1-2H3/t11-/m1/s1. The van der Waals surface area contributed by atoms with Crippen LogP contribution in [0.4, 0.5) is 5.69 Å². The fourth-order valence-electron chi connectivity index (χ4n) is 2.45. The smallest absolute Gasteiger partial charge is 0.312 e. The second kappa shape index (κ2) is 7.89. The number of nitro benzene ring substituents is 1. The number of thiazole rings is 1. The molecule has 1 atom stereocenters. The molecule has 0 unspecified atom stereocenters. The quantitative estimate of drug-likeness (QED) is 0.446. The monoisotopic (exact) mass is 405 g/mol. The van der Waals surface area contributed by atoms with Crippen LogP contribution in [0, 0.1) is 10.1 Å². The number of para-hydroxylation sites is 1. The number of ether oxygens (including phenoxy) is 1. The Morgan fingerprint density at radius 3 is 2.81 bits per heavy atom. The van der Waals surface area contributed by atoms with Crippen molar-refractivity contribution in [2.45, 2.75) is 13.0 Å². The van der Waals surface area contributed by atoms with Crippen LogP contribution in [0.2, 0.25) is 5.02 Å². The first-order valence-electron chi connectivity index (χ1n) is 8.04. The number of carbonyl (C=O) groups excluding carboxylic acids is 1. The molecule has 0 radical (unpaired) electrons. The Labute approximate surface area is 164 Å². The molecule has 0 spiro atoms. The number of nitrogens with zero attached hydrogens (tertiary/aromatic N) is 3. The van der Waals surface area contributed by atoms with Crippen LogP contribution in [0.3, 0.4) is 0 Å². The van der Waals surface area contributed by atoms with E-state index >= 15 is 0 Å². The highest BCUT2D eigenvalue weighted by molar-refractivity contribution is 7.18. The number of halogens is 1. The van der Waals surface area contributed by atoms with Crippen LogP contribution in [-0.4, -0.2) is 34.4 Å². The van der Waals surface area contributed by atoms with Crippen LogP contribution in [0.5, 0.6) is 5.75 Å². The predicted molar refractivity (Wildman–Crippen MR) is 104 cm³/mol. The lowest BCUT2D eigenvalue weighted by Crippen LogP contribution is -2.33. The Balaban J connectivity index is 1.69. The number of benzene rings is 2. The number of nitro groups is 1. The van der Waals surface area contributed by atoms with Crippen molar-refractivity contribution in [1.29, 1.82) is 0 Å². The van der Waals surface area contributed by atoms with Gasteiger partial charge in [0, 0.05) is 18.1 Å². The predicted octanol–water partition coefficient (Wildman–Crippen LogP) is 4.46. The second-order valence-corrected chi connectivity index (χ2v) is 7.36. The molecule has 0 aliphatic rings. The molecule has 1 heterocycles. The van der Waals surface area contributed by atoms with Gasteiger partial charge in [-0.1, -0.05) is 23.7 Å². The van der Waals surface area contributed by atoms with Crippen molar-refractivity contribution in [1.82, 2.24) is 9.88 Å². The molecule has 0 saturated heterocycles. The van der Waals surface area contributed by atoms with E-state index in [4.69, 9.17) is 16.3 Å². The Morgan fingerprint density at radius 1 is 1.37 bits per heavy atom. The Hall–Kier alpha value is -2.71. The fourth-order valence-corrected chi connectivity index (χ4v) is 3.68. The van der Waals surface area contributed by atoms with E-state index in [0.29, 0.717) is 0 Å². The first-order valence-corrected chi connectivity index (χ1v) is 9.24. The van der Waals surface area contributed by atoms with Gasteiger partial charge < -0.3 is 9.64 Å². The van der Waals surface area contributed by atoms with Gasteiger partial charge in [0.2, 0.25) is 0 Å². The largest absolute Gasteiger partial charge is 0.477 e. The summed E-state index contributed by atoms with van der Waals surface area (Å²) in [4.78, 5) is 29.0. The summed E-state index contributed by atoms with van der Waals surface area (Å²) in [5.41, 5.74) is 0.607. The van der Waals surface area contributed by atoms with Crippen molar-refractivity contribution in [3.63, 3.8) is 0 Å². The highest BCUT2D eigenvalue weighted by Crippen LogP contribution is 2.31. The van der Waals surface area contributed by atoms with Gasteiger partial charge in [0.25, 0.3) is 5.91 Å². The second-order valence-electron chi connectivity index (χ2n) is 5.86. The normalized spacial score (nSPS) is 12.0. The topological polar surface area (TPSA) is 85.6 Å². The summed E-state index contributed by atoms with van der Waals surface area (Å²) in [6.45, 7) is 1.55. The highest BCUT2D eigenvalue weighted by Gasteiger charge is 2.23. The summed E-state index contributed by atoms with van der Waals surface area (Å²) in [6.07, 6.45) is 0. The van der Waals surface area contributed by atoms with Crippen molar-refractivity contribution < 1.29 is 14.5 Å². The molecule has 1 amide bonds. The lowest BCUT2D eigenvalue weighted by atomic mass is 10.3. The molecule has 140 valence electrons. The molecule has 0 bridgehead atoms. The van der Waals surface area contributed by atoms with Crippen LogP contribution in [0.15, 0.2) is 42.5 Å². The summed E-state index contributed by atoms with van der Waals surface area (Å²) >= 11 is 7.30. The van der Waals surface area contributed by atoms with Gasteiger partial charge in [0.1, 0.15) is 5.01 Å². The van der Waals surface area contributed by atoms with E-state index in [0.717, 1.165) is 15.2 Å². The van der Waals surface area contributed by atoms with Crippen molar-refractivity contribution in [2.24, 2.45) is 0 Å². The summed E-state index contributed by atoms with van der Waals surface area (Å²) in [6, 6.07) is 11.6. The fraction of sp³-hybridized carbons (Fsp3) is 0.222. The molecule has 0 N–H and O–H groups in total. The van der Waals surface area contributed by atoms with Gasteiger partial charge in [-0.15, -0.1) is 11.3 Å².